The lowest BCUT2D eigenvalue weighted by Crippen LogP contribution is -2.26. The molecule has 0 spiro atoms. The van der Waals surface area contributed by atoms with Crippen molar-refractivity contribution in [1.29, 1.82) is 0 Å². The zero-order chi connectivity index (χ0) is 13.9. The molecule has 0 atom stereocenters. The number of carbonyl (C=O) groups excluding carboxylic acids is 1. The SMILES string of the molecule is CCNCc1cccc(NC(=O)C(C2CC2)C2CC2)c1. The molecular formula is C17H24N2O. The maximum absolute atomic E-state index is 12.5. The van der Waals surface area contributed by atoms with Crippen molar-refractivity contribution in [2.24, 2.45) is 17.8 Å². The zero-order valence-corrected chi connectivity index (χ0v) is 12.2. The van der Waals surface area contributed by atoms with E-state index < -0.39 is 0 Å². The first-order valence-electron chi connectivity index (χ1n) is 7.88. The summed E-state index contributed by atoms with van der Waals surface area (Å²) < 4.78 is 0. The fraction of sp³-hybridized carbons (Fsp3) is 0.588. The molecule has 0 saturated heterocycles. The zero-order valence-electron chi connectivity index (χ0n) is 12.2. The molecule has 108 valence electrons. The van der Waals surface area contributed by atoms with E-state index in [-0.39, 0.29) is 11.8 Å². The van der Waals surface area contributed by atoms with Crippen LogP contribution in [0.1, 0.15) is 38.2 Å². The normalized spacial score (nSPS) is 18.3. The van der Waals surface area contributed by atoms with E-state index in [2.05, 4.69) is 29.7 Å². The fourth-order valence-electron chi connectivity index (χ4n) is 2.98. The van der Waals surface area contributed by atoms with Crippen molar-refractivity contribution in [2.45, 2.75) is 39.2 Å². The monoisotopic (exact) mass is 272 g/mol. The molecule has 1 aromatic carbocycles. The average Bonchev–Trinajstić information content (AvgIpc) is 3.31. The van der Waals surface area contributed by atoms with Crippen molar-refractivity contribution in [1.82, 2.24) is 5.32 Å². The third-order valence-corrected chi connectivity index (χ3v) is 4.34. The van der Waals surface area contributed by atoms with Crippen LogP contribution in [0.25, 0.3) is 0 Å². The van der Waals surface area contributed by atoms with Crippen molar-refractivity contribution in [3.63, 3.8) is 0 Å². The summed E-state index contributed by atoms with van der Waals surface area (Å²) in [6.07, 6.45) is 4.98. The third-order valence-electron chi connectivity index (χ3n) is 4.34. The summed E-state index contributed by atoms with van der Waals surface area (Å²) in [5.41, 5.74) is 2.16. The van der Waals surface area contributed by atoms with E-state index in [0.29, 0.717) is 11.8 Å². The largest absolute Gasteiger partial charge is 0.326 e. The predicted molar refractivity (Wildman–Crippen MR) is 81.4 cm³/mol. The molecule has 2 saturated carbocycles. The lowest BCUT2D eigenvalue weighted by molar-refractivity contribution is -0.121. The average molecular weight is 272 g/mol. The van der Waals surface area contributed by atoms with E-state index in [0.717, 1.165) is 18.8 Å². The second kappa shape index (κ2) is 5.96. The maximum Gasteiger partial charge on any atom is 0.228 e. The molecule has 1 aromatic rings. The van der Waals surface area contributed by atoms with Gasteiger partial charge in [0.2, 0.25) is 5.91 Å². The summed E-state index contributed by atoms with van der Waals surface area (Å²) in [6, 6.07) is 8.19. The first-order chi connectivity index (χ1) is 9.78. The Labute approximate surface area is 121 Å². The van der Waals surface area contributed by atoms with Crippen LogP contribution in [0.15, 0.2) is 24.3 Å². The maximum atomic E-state index is 12.5. The van der Waals surface area contributed by atoms with Gasteiger partial charge in [0, 0.05) is 18.2 Å². The lowest BCUT2D eigenvalue weighted by atomic mass is 9.97. The van der Waals surface area contributed by atoms with Crippen LogP contribution in [-0.4, -0.2) is 12.5 Å². The van der Waals surface area contributed by atoms with Crippen molar-refractivity contribution in [2.75, 3.05) is 11.9 Å². The second-order valence-electron chi connectivity index (χ2n) is 6.17. The van der Waals surface area contributed by atoms with E-state index in [9.17, 15) is 4.79 Å². The Kier molecular flexibility index (Phi) is 4.06. The molecule has 2 aliphatic carbocycles. The van der Waals surface area contributed by atoms with Crippen LogP contribution >= 0.6 is 0 Å². The van der Waals surface area contributed by atoms with Crippen LogP contribution in [0.2, 0.25) is 0 Å². The van der Waals surface area contributed by atoms with Gasteiger partial charge in [-0.25, -0.2) is 0 Å². The first-order valence-corrected chi connectivity index (χ1v) is 7.88. The molecule has 0 bridgehead atoms. The highest BCUT2D eigenvalue weighted by Crippen LogP contribution is 2.49. The fourth-order valence-corrected chi connectivity index (χ4v) is 2.98. The molecule has 2 N–H and O–H groups in total. The molecule has 0 radical (unpaired) electrons. The van der Waals surface area contributed by atoms with Gasteiger partial charge >= 0.3 is 0 Å². The quantitative estimate of drug-likeness (QED) is 0.800. The minimum Gasteiger partial charge on any atom is -0.326 e. The van der Waals surface area contributed by atoms with Crippen LogP contribution in [0.3, 0.4) is 0 Å². The van der Waals surface area contributed by atoms with Crippen molar-refractivity contribution >= 4 is 11.6 Å². The third kappa shape index (κ3) is 3.40. The molecule has 3 nitrogen and oxygen atoms in total. The Bertz CT molecular complexity index is 466. The molecule has 0 aromatic heterocycles. The van der Waals surface area contributed by atoms with Gasteiger partial charge in [0.05, 0.1) is 0 Å². The van der Waals surface area contributed by atoms with Crippen LogP contribution in [0.4, 0.5) is 5.69 Å². The molecule has 2 aliphatic rings. The lowest BCUT2D eigenvalue weighted by Gasteiger charge is -2.16. The number of benzene rings is 1. The van der Waals surface area contributed by atoms with E-state index in [1.165, 1.54) is 31.2 Å². The Morgan fingerprint density at radius 1 is 1.25 bits per heavy atom. The number of hydrogen-bond acceptors (Lipinski definition) is 2. The van der Waals surface area contributed by atoms with Gasteiger partial charge in [-0.3, -0.25) is 4.79 Å². The second-order valence-corrected chi connectivity index (χ2v) is 6.17. The van der Waals surface area contributed by atoms with Crippen LogP contribution < -0.4 is 10.6 Å². The summed E-state index contributed by atoms with van der Waals surface area (Å²) in [5.74, 6) is 1.84. The van der Waals surface area contributed by atoms with Crippen LogP contribution in [0.5, 0.6) is 0 Å². The van der Waals surface area contributed by atoms with Gasteiger partial charge in [0.15, 0.2) is 0 Å². The molecule has 2 fully saturated rings. The summed E-state index contributed by atoms with van der Waals surface area (Å²) >= 11 is 0. The summed E-state index contributed by atoms with van der Waals surface area (Å²) in [6.45, 7) is 3.92. The Balaban J connectivity index is 1.62. The number of carbonyl (C=O) groups is 1. The van der Waals surface area contributed by atoms with E-state index in [1.807, 2.05) is 12.1 Å². The smallest absolute Gasteiger partial charge is 0.228 e. The molecular weight excluding hydrogens is 248 g/mol. The van der Waals surface area contributed by atoms with Crippen LogP contribution in [0, 0.1) is 17.8 Å². The van der Waals surface area contributed by atoms with Crippen molar-refractivity contribution < 1.29 is 4.79 Å². The standard InChI is InChI=1S/C17H24N2O/c1-2-18-11-12-4-3-5-15(10-12)19-17(20)16(13-6-7-13)14-8-9-14/h3-5,10,13-14,16,18H,2,6-9,11H2,1H3,(H,19,20). The summed E-state index contributed by atoms with van der Waals surface area (Å²) in [5, 5.41) is 6.45. The Morgan fingerprint density at radius 3 is 2.55 bits per heavy atom. The highest BCUT2D eigenvalue weighted by molar-refractivity contribution is 5.93. The first kappa shape index (κ1) is 13.6. The molecule has 20 heavy (non-hydrogen) atoms. The summed E-state index contributed by atoms with van der Waals surface area (Å²) in [4.78, 5) is 12.5. The Hall–Kier alpha value is -1.35. The summed E-state index contributed by atoms with van der Waals surface area (Å²) in [7, 11) is 0. The van der Waals surface area contributed by atoms with Gasteiger partial charge in [0.25, 0.3) is 0 Å². The highest BCUT2D eigenvalue weighted by Gasteiger charge is 2.45. The van der Waals surface area contributed by atoms with Gasteiger partial charge in [-0.1, -0.05) is 19.1 Å². The number of rotatable bonds is 7. The molecule has 3 rings (SSSR count). The molecule has 0 heterocycles. The number of anilines is 1. The van der Waals surface area contributed by atoms with E-state index >= 15 is 0 Å². The number of amides is 1. The van der Waals surface area contributed by atoms with Crippen molar-refractivity contribution in [3.05, 3.63) is 29.8 Å². The molecule has 1 amide bonds. The molecule has 0 aliphatic heterocycles. The minimum atomic E-state index is 0.246. The Morgan fingerprint density at radius 2 is 1.95 bits per heavy atom. The minimum absolute atomic E-state index is 0.246. The van der Waals surface area contributed by atoms with Gasteiger partial charge in [-0.2, -0.15) is 0 Å². The van der Waals surface area contributed by atoms with Crippen LogP contribution in [-0.2, 0) is 11.3 Å². The van der Waals surface area contributed by atoms with Crippen molar-refractivity contribution in [3.8, 4) is 0 Å². The highest BCUT2D eigenvalue weighted by atomic mass is 16.1. The van der Waals surface area contributed by atoms with Gasteiger partial charge in [0.1, 0.15) is 0 Å². The topological polar surface area (TPSA) is 41.1 Å². The number of nitrogens with one attached hydrogen (secondary N) is 2. The van der Waals surface area contributed by atoms with E-state index in [4.69, 9.17) is 0 Å². The van der Waals surface area contributed by atoms with Gasteiger partial charge in [-0.15, -0.1) is 0 Å². The molecule has 3 heteroatoms. The van der Waals surface area contributed by atoms with E-state index in [1.54, 1.807) is 0 Å². The number of hydrogen-bond donors (Lipinski definition) is 2. The predicted octanol–water partition coefficient (Wildman–Crippen LogP) is 3.17. The van der Waals surface area contributed by atoms with Gasteiger partial charge in [-0.05, 0) is 61.8 Å². The molecule has 0 unspecified atom stereocenters. The van der Waals surface area contributed by atoms with Gasteiger partial charge < -0.3 is 10.6 Å².